The molecule has 0 saturated carbocycles. The molecule has 0 aromatic heterocycles. The number of nitrogens with zero attached hydrogens (tertiary/aromatic N) is 2. The Morgan fingerprint density at radius 1 is 0.852 bits per heavy atom. The van der Waals surface area contributed by atoms with Gasteiger partial charge in [-0.25, -0.2) is 4.79 Å². The summed E-state index contributed by atoms with van der Waals surface area (Å²) in [6.07, 6.45) is -0.363. The van der Waals surface area contributed by atoms with E-state index in [0.717, 1.165) is 0 Å². The monoisotopic (exact) mass is 380 g/mol. The van der Waals surface area contributed by atoms with Crippen molar-refractivity contribution in [3.05, 3.63) is 17.7 Å². The van der Waals surface area contributed by atoms with Crippen molar-refractivity contribution in [3.63, 3.8) is 0 Å². The number of carbonyl (C=O) groups excluding carboxylic acids is 2. The smallest absolute Gasteiger partial charge is 0.410 e. The fourth-order valence-corrected chi connectivity index (χ4v) is 2.86. The van der Waals surface area contributed by atoms with E-state index >= 15 is 0 Å². The second kappa shape index (κ2) is 8.37. The van der Waals surface area contributed by atoms with E-state index in [1.807, 2.05) is 20.8 Å². The van der Waals surface area contributed by atoms with E-state index in [0.29, 0.717) is 49.0 Å². The van der Waals surface area contributed by atoms with Crippen LogP contribution in [0.1, 0.15) is 31.1 Å². The topological polar surface area (TPSA) is 77.5 Å². The summed E-state index contributed by atoms with van der Waals surface area (Å²) in [7, 11) is 4.50. The standard InChI is InChI=1S/C19H28N2O6/c1-19(2,3)27-18(23)21-11-9-20(10-12-21)17(22)13-7-8-14(24-4)16(26-6)15(13)25-5/h7-8H,9-12H2,1-6H3. The molecule has 1 aromatic carbocycles. The summed E-state index contributed by atoms with van der Waals surface area (Å²) >= 11 is 0. The van der Waals surface area contributed by atoms with Crippen molar-refractivity contribution in [1.82, 2.24) is 9.80 Å². The number of hydrogen-bond donors (Lipinski definition) is 0. The van der Waals surface area contributed by atoms with E-state index in [4.69, 9.17) is 18.9 Å². The molecule has 150 valence electrons. The Kier molecular flexibility index (Phi) is 6.41. The van der Waals surface area contributed by atoms with Crippen molar-refractivity contribution >= 4 is 12.0 Å². The molecular formula is C19H28N2O6. The van der Waals surface area contributed by atoms with Crippen LogP contribution in [0, 0.1) is 0 Å². The van der Waals surface area contributed by atoms with Crippen LogP contribution in [0.15, 0.2) is 12.1 Å². The summed E-state index contributed by atoms with van der Waals surface area (Å²) in [4.78, 5) is 28.4. The van der Waals surface area contributed by atoms with Crippen molar-refractivity contribution in [1.29, 1.82) is 0 Å². The van der Waals surface area contributed by atoms with Gasteiger partial charge < -0.3 is 28.7 Å². The normalized spacial score (nSPS) is 14.6. The first-order valence-corrected chi connectivity index (χ1v) is 8.78. The summed E-state index contributed by atoms with van der Waals surface area (Å²) < 4.78 is 21.4. The number of amides is 2. The maximum absolute atomic E-state index is 13.0. The summed E-state index contributed by atoms with van der Waals surface area (Å²) in [6.45, 7) is 7.13. The van der Waals surface area contributed by atoms with Gasteiger partial charge >= 0.3 is 6.09 Å². The molecule has 2 rings (SSSR count). The van der Waals surface area contributed by atoms with E-state index in [1.165, 1.54) is 21.3 Å². The second-order valence-corrected chi connectivity index (χ2v) is 7.14. The summed E-state index contributed by atoms with van der Waals surface area (Å²) in [5.41, 5.74) is -0.155. The minimum Gasteiger partial charge on any atom is -0.493 e. The number of methoxy groups -OCH3 is 3. The lowest BCUT2D eigenvalue weighted by molar-refractivity contribution is 0.0140. The number of hydrogen-bond acceptors (Lipinski definition) is 6. The van der Waals surface area contributed by atoms with Crippen LogP contribution < -0.4 is 14.2 Å². The number of benzene rings is 1. The molecule has 1 fully saturated rings. The van der Waals surface area contributed by atoms with Gasteiger partial charge in [-0.05, 0) is 32.9 Å². The highest BCUT2D eigenvalue weighted by molar-refractivity contribution is 5.98. The molecule has 0 unspecified atom stereocenters. The highest BCUT2D eigenvalue weighted by Crippen LogP contribution is 2.40. The van der Waals surface area contributed by atoms with Gasteiger partial charge in [0.2, 0.25) is 5.75 Å². The van der Waals surface area contributed by atoms with Crippen LogP contribution in [0.4, 0.5) is 4.79 Å². The number of rotatable bonds is 4. The lowest BCUT2D eigenvalue weighted by Crippen LogP contribution is -2.51. The molecule has 2 amide bonds. The maximum atomic E-state index is 13.0. The van der Waals surface area contributed by atoms with Crippen molar-refractivity contribution < 1.29 is 28.5 Å². The van der Waals surface area contributed by atoms with Crippen molar-refractivity contribution in [3.8, 4) is 17.2 Å². The fourth-order valence-electron chi connectivity index (χ4n) is 2.86. The van der Waals surface area contributed by atoms with Gasteiger partial charge in [0, 0.05) is 26.2 Å². The molecule has 8 nitrogen and oxygen atoms in total. The molecule has 0 N–H and O–H groups in total. The first kappa shape index (κ1) is 20.7. The molecule has 0 atom stereocenters. The predicted molar refractivity (Wildman–Crippen MR) is 99.8 cm³/mol. The lowest BCUT2D eigenvalue weighted by atomic mass is 10.1. The van der Waals surface area contributed by atoms with Crippen LogP contribution in [-0.4, -0.2) is 74.9 Å². The third-order valence-electron chi connectivity index (χ3n) is 4.15. The molecule has 1 aliphatic rings. The van der Waals surface area contributed by atoms with E-state index < -0.39 is 5.60 Å². The maximum Gasteiger partial charge on any atom is 0.410 e. The summed E-state index contributed by atoms with van der Waals surface area (Å²) in [6, 6.07) is 3.33. The Labute approximate surface area is 159 Å². The highest BCUT2D eigenvalue weighted by atomic mass is 16.6. The quantitative estimate of drug-likeness (QED) is 0.798. The minimum atomic E-state index is -0.545. The van der Waals surface area contributed by atoms with Gasteiger partial charge in [0.1, 0.15) is 5.60 Å². The third-order valence-corrected chi connectivity index (χ3v) is 4.15. The molecule has 8 heteroatoms. The van der Waals surface area contributed by atoms with Gasteiger partial charge in [0.15, 0.2) is 11.5 Å². The van der Waals surface area contributed by atoms with Gasteiger partial charge in [0.25, 0.3) is 5.91 Å². The molecule has 0 bridgehead atoms. The number of ether oxygens (including phenoxy) is 4. The molecule has 1 aliphatic heterocycles. The Balaban J connectivity index is 2.11. The average Bonchev–Trinajstić information content (AvgIpc) is 2.64. The van der Waals surface area contributed by atoms with Gasteiger partial charge in [-0.2, -0.15) is 0 Å². The molecule has 1 saturated heterocycles. The Hall–Kier alpha value is -2.64. The van der Waals surface area contributed by atoms with Crippen LogP contribution in [0.5, 0.6) is 17.2 Å². The number of piperazine rings is 1. The van der Waals surface area contributed by atoms with Gasteiger partial charge in [0.05, 0.1) is 26.9 Å². The Morgan fingerprint density at radius 3 is 1.89 bits per heavy atom. The molecule has 0 radical (unpaired) electrons. The first-order chi connectivity index (χ1) is 12.7. The van der Waals surface area contributed by atoms with E-state index in [1.54, 1.807) is 21.9 Å². The van der Waals surface area contributed by atoms with Crippen LogP contribution in [0.25, 0.3) is 0 Å². The zero-order valence-electron chi connectivity index (χ0n) is 16.8. The first-order valence-electron chi connectivity index (χ1n) is 8.78. The average molecular weight is 380 g/mol. The minimum absolute atomic E-state index is 0.184. The highest BCUT2D eigenvalue weighted by Gasteiger charge is 2.30. The van der Waals surface area contributed by atoms with Crippen molar-refractivity contribution in [2.45, 2.75) is 26.4 Å². The molecule has 27 heavy (non-hydrogen) atoms. The van der Waals surface area contributed by atoms with Crippen LogP contribution in [0.3, 0.4) is 0 Å². The van der Waals surface area contributed by atoms with Crippen molar-refractivity contribution in [2.24, 2.45) is 0 Å². The second-order valence-electron chi connectivity index (χ2n) is 7.14. The van der Waals surface area contributed by atoms with E-state index in [2.05, 4.69) is 0 Å². The zero-order chi connectivity index (χ0) is 20.2. The van der Waals surface area contributed by atoms with Gasteiger partial charge in [-0.1, -0.05) is 0 Å². The summed E-state index contributed by atoms with van der Waals surface area (Å²) in [5, 5.41) is 0. The Morgan fingerprint density at radius 2 is 1.41 bits per heavy atom. The van der Waals surface area contributed by atoms with E-state index in [9.17, 15) is 9.59 Å². The van der Waals surface area contributed by atoms with E-state index in [-0.39, 0.29) is 12.0 Å². The molecular weight excluding hydrogens is 352 g/mol. The molecule has 0 aliphatic carbocycles. The third kappa shape index (κ3) is 4.75. The SMILES string of the molecule is COc1ccc(C(=O)N2CCN(C(=O)OC(C)(C)C)CC2)c(OC)c1OC. The molecule has 1 heterocycles. The summed E-state index contributed by atoms with van der Waals surface area (Å²) in [5.74, 6) is 1.01. The van der Waals surface area contributed by atoms with Crippen LogP contribution >= 0.6 is 0 Å². The fraction of sp³-hybridized carbons (Fsp3) is 0.579. The van der Waals surface area contributed by atoms with Gasteiger partial charge in [-0.15, -0.1) is 0 Å². The lowest BCUT2D eigenvalue weighted by Gasteiger charge is -2.35. The van der Waals surface area contributed by atoms with Crippen LogP contribution in [0.2, 0.25) is 0 Å². The predicted octanol–water partition coefficient (Wildman–Crippen LogP) is 2.41. The molecule has 1 aromatic rings. The zero-order valence-corrected chi connectivity index (χ0v) is 16.8. The number of carbonyl (C=O) groups is 2. The van der Waals surface area contributed by atoms with Crippen molar-refractivity contribution in [2.75, 3.05) is 47.5 Å². The van der Waals surface area contributed by atoms with Crippen LogP contribution in [-0.2, 0) is 4.74 Å². The molecule has 0 spiro atoms. The van der Waals surface area contributed by atoms with Gasteiger partial charge in [-0.3, -0.25) is 4.79 Å². The Bertz CT molecular complexity index is 690. The largest absolute Gasteiger partial charge is 0.493 e.